The van der Waals surface area contributed by atoms with Crippen LogP contribution in [0.15, 0.2) is 42.5 Å². The van der Waals surface area contributed by atoms with Crippen LogP contribution in [0.4, 0.5) is 10.5 Å². The smallest absolute Gasteiger partial charge is 0.323 e. The molecule has 1 aliphatic heterocycles. The van der Waals surface area contributed by atoms with Crippen LogP contribution in [0.5, 0.6) is 0 Å². The van der Waals surface area contributed by atoms with Crippen molar-refractivity contribution in [3.8, 4) is 0 Å². The molecule has 0 aromatic heterocycles. The van der Waals surface area contributed by atoms with E-state index in [0.717, 1.165) is 23.3 Å². The molecule has 2 aromatic rings. The Bertz CT molecular complexity index is 962. The zero-order chi connectivity index (χ0) is 21.2. The summed E-state index contributed by atoms with van der Waals surface area (Å²) in [5.74, 6) is -1.04. The van der Waals surface area contributed by atoms with Crippen LogP contribution < -0.4 is 10.6 Å². The van der Waals surface area contributed by atoms with Gasteiger partial charge in [-0.1, -0.05) is 66.9 Å². The summed E-state index contributed by atoms with van der Waals surface area (Å²) >= 11 is 12.0. The van der Waals surface area contributed by atoms with Crippen molar-refractivity contribution in [2.75, 3.05) is 11.9 Å². The lowest BCUT2D eigenvalue weighted by Crippen LogP contribution is -2.42. The fourth-order valence-corrected chi connectivity index (χ4v) is 3.61. The van der Waals surface area contributed by atoms with Gasteiger partial charge in [0.1, 0.15) is 12.1 Å². The van der Waals surface area contributed by atoms with Gasteiger partial charge in [-0.2, -0.15) is 0 Å². The molecule has 1 heterocycles. The van der Waals surface area contributed by atoms with Crippen LogP contribution in [0.3, 0.4) is 0 Å². The third kappa shape index (κ3) is 4.23. The lowest BCUT2D eigenvalue weighted by molar-refractivity contribution is -0.133. The van der Waals surface area contributed by atoms with Gasteiger partial charge in [0, 0.05) is 0 Å². The van der Waals surface area contributed by atoms with Crippen LogP contribution in [0, 0.1) is 0 Å². The minimum atomic E-state index is -1.23. The molecule has 0 spiro atoms. The monoisotopic (exact) mass is 433 g/mol. The molecule has 29 heavy (non-hydrogen) atoms. The highest BCUT2D eigenvalue weighted by Crippen LogP contribution is 2.31. The number of amides is 4. The highest BCUT2D eigenvalue weighted by molar-refractivity contribution is 6.44. The number of benzene rings is 2. The largest absolute Gasteiger partial charge is 0.325 e. The number of hydrogen-bond acceptors (Lipinski definition) is 3. The van der Waals surface area contributed by atoms with Gasteiger partial charge >= 0.3 is 6.03 Å². The normalized spacial score (nSPS) is 18.7. The number of nitrogens with zero attached hydrogens (tertiary/aromatic N) is 1. The summed E-state index contributed by atoms with van der Waals surface area (Å²) in [5, 5.41) is 5.76. The number of aryl methyl sites for hydroxylation is 1. The Labute approximate surface area is 179 Å². The van der Waals surface area contributed by atoms with E-state index in [1.807, 2.05) is 24.3 Å². The van der Waals surface area contributed by atoms with Crippen molar-refractivity contribution in [1.82, 2.24) is 10.2 Å². The predicted molar refractivity (Wildman–Crippen MR) is 113 cm³/mol. The third-order valence-corrected chi connectivity index (χ3v) is 5.69. The molecule has 152 valence electrons. The van der Waals surface area contributed by atoms with Crippen molar-refractivity contribution >= 4 is 46.7 Å². The Balaban J connectivity index is 1.74. The first-order valence-electron chi connectivity index (χ1n) is 9.23. The quantitative estimate of drug-likeness (QED) is 0.664. The van der Waals surface area contributed by atoms with Crippen LogP contribution in [0.1, 0.15) is 31.4 Å². The van der Waals surface area contributed by atoms with Crippen LogP contribution in [-0.4, -0.2) is 29.3 Å². The van der Waals surface area contributed by atoms with E-state index in [2.05, 4.69) is 17.6 Å². The molecule has 4 amide bonds. The van der Waals surface area contributed by atoms with Gasteiger partial charge in [-0.25, -0.2) is 4.79 Å². The SMILES string of the molecule is CCCc1ccc(C2(C)NC(=O)N(CC(=O)Nc3cccc(Cl)c3Cl)C2=O)cc1. The first-order chi connectivity index (χ1) is 13.8. The van der Waals surface area contributed by atoms with Gasteiger partial charge in [-0.3, -0.25) is 14.5 Å². The molecule has 3 rings (SSSR count). The van der Waals surface area contributed by atoms with E-state index in [-0.39, 0.29) is 5.02 Å². The van der Waals surface area contributed by atoms with Crippen LogP contribution >= 0.6 is 23.2 Å². The van der Waals surface area contributed by atoms with Gasteiger partial charge in [0.25, 0.3) is 5.91 Å². The summed E-state index contributed by atoms with van der Waals surface area (Å²) in [5.41, 5.74) is 0.906. The number of rotatable bonds is 6. The second kappa shape index (κ2) is 8.43. The summed E-state index contributed by atoms with van der Waals surface area (Å²) in [6.07, 6.45) is 1.96. The van der Waals surface area contributed by atoms with Crippen LogP contribution in [-0.2, 0) is 21.5 Å². The van der Waals surface area contributed by atoms with Gasteiger partial charge in [0.15, 0.2) is 0 Å². The summed E-state index contributed by atoms with van der Waals surface area (Å²) in [6.45, 7) is 3.29. The highest BCUT2D eigenvalue weighted by atomic mass is 35.5. The van der Waals surface area contributed by atoms with Gasteiger partial charge in [0.2, 0.25) is 5.91 Å². The van der Waals surface area contributed by atoms with Crippen molar-refractivity contribution in [2.45, 2.75) is 32.2 Å². The number of carbonyl (C=O) groups excluding carboxylic acids is 3. The maximum absolute atomic E-state index is 13.0. The highest BCUT2D eigenvalue weighted by Gasteiger charge is 2.49. The molecule has 1 aliphatic rings. The Morgan fingerprint density at radius 2 is 1.83 bits per heavy atom. The van der Waals surface area contributed by atoms with E-state index in [1.165, 1.54) is 0 Å². The standard InChI is InChI=1S/C21H21Cl2N3O3/c1-3-5-13-8-10-14(11-9-13)21(2)19(28)26(20(29)25-21)12-17(27)24-16-7-4-6-15(22)18(16)23/h4,6-11H,3,5,12H2,1-2H3,(H,24,27)(H,25,29). The Morgan fingerprint density at radius 3 is 2.48 bits per heavy atom. The molecule has 1 saturated heterocycles. The van der Waals surface area contributed by atoms with Crippen molar-refractivity contribution in [3.05, 3.63) is 63.6 Å². The van der Waals surface area contributed by atoms with E-state index < -0.39 is 29.9 Å². The molecule has 2 N–H and O–H groups in total. The Kier molecular flexibility index (Phi) is 6.15. The van der Waals surface area contributed by atoms with E-state index >= 15 is 0 Å². The molecule has 1 fully saturated rings. The molecule has 1 atom stereocenters. The minimum absolute atomic E-state index is 0.191. The lowest BCUT2D eigenvalue weighted by Gasteiger charge is -2.22. The molecule has 6 nitrogen and oxygen atoms in total. The Morgan fingerprint density at radius 1 is 1.14 bits per heavy atom. The summed E-state index contributed by atoms with van der Waals surface area (Å²) < 4.78 is 0. The summed E-state index contributed by atoms with van der Waals surface area (Å²) in [6, 6.07) is 11.7. The number of imide groups is 1. The molecule has 1 unspecified atom stereocenters. The van der Waals surface area contributed by atoms with E-state index in [0.29, 0.717) is 16.3 Å². The minimum Gasteiger partial charge on any atom is -0.323 e. The number of nitrogens with one attached hydrogen (secondary N) is 2. The predicted octanol–water partition coefficient (Wildman–Crippen LogP) is 4.35. The summed E-state index contributed by atoms with van der Waals surface area (Å²) in [4.78, 5) is 38.7. The van der Waals surface area contributed by atoms with E-state index in [4.69, 9.17) is 23.2 Å². The molecule has 0 bridgehead atoms. The van der Waals surface area contributed by atoms with Crippen molar-refractivity contribution < 1.29 is 14.4 Å². The number of carbonyl (C=O) groups is 3. The van der Waals surface area contributed by atoms with E-state index in [1.54, 1.807) is 25.1 Å². The molecular formula is C21H21Cl2N3O3. The van der Waals surface area contributed by atoms with Crippen molar-refractivity contribution in [3.63, 3.8) is 0 Å². The first-order valence-corrected chi connectivity index (χ1v) is 9.99. The van der Waals surface area contributed by atoms with Gasteiger partial charge in [-0.15, -0.1) is 0 Å². The second-order valence-corrected chi connectivity index (χ2v) is 7.83. The molecule has 0 aliphatic carbocycles. The van der Waals surface area contributed by atoms with Gasteiger partial charge < -0.3 is 10.6 Å². The Hall–Kier alpha value is -2.57. The van der Waals surface area contributed by atoms with E-state index in [9.17, 15) is 14.4 Å². The third-order valence-electron chi connectivity index (χ3n) is 4.87. The van der Waals surface area contributed by atoms with Crippen LogP contribution in [0.25, 0.3) is 0 Å². The number of hydrogen-bond donors (Lipinski definition) is 2. The van der Waals surface area contributed by atoms with Gasteiger partial charge in [-0.05, 0) is 36.6 Å². The average Bonchev–Trinajstić information content (AvgIpc) is 2.90. The lowest BCUT2D eigenvalue weighted by atomic mass is 9.91. The molecule has 0 radical (unpaired) electrons. The zero-order valence-electron chi connectivity index (χ0n) is 16.1. The van der Waals surface area contributed by atoms with Gasteiger partial charge in [0.05, 0.1) is 15.7 Å². The fraction of sp³-hybridized carbons (Fsp3) is 0.286. The number of anilines is 1. The summed E-state index contributed by atoms with van der Waals surface area (Å²) in [7, 11) is 0. The number of urea groups is 1. The zero-order valence-corrected chi connectivity index (χ0v) is 17.6. The average molecular weight is 434 g/mol. The molecular weight excluding hydrogens is 413 g/mol. The maximum atomic E-state index is 13.0. The molecule has 2 aromatic carbocycles. The molecule has 0 saturated carbocycles. The molecule has 8 heteroatoms. The maximum Gasteiger partial charge on any atom is 0.325 e. The first kappa shape index (κ1) is 21.1. The topological polar surface area (TPSA) is 78.5 Å². The van der Waals surface area contributed by atoms with Crippen LogP contribution in [0.2, 0.25) is 10.0 Å². The number of halogens is 2. The van der Waals surface area contributed by atoms with Crippen molar-refractivity contribution in [2.24, 2.45) is 0 Å². The van der Waals surface area contributed by atoms with Crippen molar-refractivity contribution in [1.29, 1.82) is 0 Å². The fourth-order valence-electron chi connectivity index (χ4n) is 3.26. The second-order valence-electron chi connectivity index (χ2n) is 7.04.